The van der Waals surface area contributed by atoms with Gasteiger partial charge in [-0.05, 0) is 5.75 Å². The van der Waals surface area contributed by atoms with E-state index in [-0.39, 0.29) is 0 Å². The minimum Gasteiger partial charge on any atom is -0.610 e. The topological polar surface area (TPSA) is 26.3 Å². The highest BCUT2D eigenvalue weighted by atomic mass is 16.5. The van der Waals surface area contributed by atoms with Gasteiger partial charge in [0.1, 0.15) is 0 Å². The molecule has 0 saturated carbocycles. The predicted octanol–water partition coefficient (Wildman–Crippen LogP) is 1.13. The molecule has 2 heteroatoms. The molecule has 0 aliphatic carbocycles. The zero-order valence-corrected chi connectivity index (χ0v) is 4.70. The van der Waals surface area contributed by atoms with Crippen molar-refractivity contribution in [3.8, 4) is 5.75 Å². The zero-order chi connectivity index (χ0) is 6.53. The van der Waals surface area contributed by atoms with E-state index >= 15 is 0 Å². The first kappa shape index (κ1) is 5.82. The molecule has 0 aromatic heterocycles. The zero-order valence-electron chi connectivity index (χ0n) is 4.70. The third-order valence-electron chi connectivity index (χ3n) is 0.903. The van der Waals surface area contributed by atoms with Gasteiger partial charge < -0.3 is 9.53 Å². The number of benzene rings is 1. The van der Waals surface area contributed by atoms with Gasteiger partial charge in [0.2, 0.25) is 0 Å². The first-order valence-electron chi connectivity index (χ1n) is 2.52. The van der Waals surface area contributed by atoms with E-state index in [1.54, 1.807) is 24.3 Å². The second kappa shape index (κ2) is 2.87. The van der Waals surface area contributed by atoms with Crippen LogP contribution in [0.2, 0.25) is 0 Å². The van der Waals surface area contributed by atoms with E-state index in [9.17, 15) is 4.79 Å². The number of hydrogen-bond acceptors (Lipinski definition) is 2. The van der Waals surface area contributed by atoms with Crippen LogP contribution < -0.4 is 4.74 Å². The van der Waals surface area contributed by atoms with Crippen LogP contribution in [0.25, 0.3) is 0 Å². The summed E-state index contributed by atoms with van der Waals surface area (Å²) in [6, 6.07) is 8.78. The molecule has 1 aromatic rings. The Balaban J connectivity index is 2.72. The molecular weight excluding hydrogens is 116 g/mol. The Morgan fingerprint density at radius 3 is 2.44 bits per heavy atom. The molecule has 0 aliphatic rings. The number of para-hydroxylation sites is 1. The molecule has 0 bridgehead atoms. The van der Waals surface area contributed by atoms with Crippen molar-refractivity contribution in [2.24, 2.45) is 0 Å². The molecular formula is C7H5O2-. The van der Waals surface area contributed by atoms with Crippen molar-refractivity contribution in [1.82, 2.24) is 0 Å². The normalized spacial score (nSPS) is 8.44. The molecule has 0 spiro atoms. The Morgan fingerprint density at radius 1 is 1.22 bits per heavy atom. The maximum Gasteiger partial charge on any atom is 0.170 e. The summed E-state index contributed by atoms with van der Waals surface area (Å²) in [6.07, 6.45) is 0. The lowest BCUT2D eigenvalue weighted by atomic mass is 10.3. The van der Waals surface area contributed by atoms with E-state index in [4.69, 9.17) is 0 Å². The summed E-state index contributed by atoms with van der Waals surface area (Å²) in [7, 11) is 0. The summed E-state index contributed by atoms with van der Waals surface area (Å²) < 4.78 is 4.40. The smallest absolute Gasteiger partial charge is 0.170 e. The van der Waals surface area contributed by atoms with E-state index in [1.165, 1.54) is 6.47 Å². The van der Waals surface area contributed by atoms with Crippen LogP contribution in [0.4, 0.5) is 0 Å². The van der Waals surface area contributed by atoms with Gasteiger partial charge in [0, 0.05) is 0 Å². The highest BCUT2D eigenvalue weighted by Gasteiger charge is 1.73. The summed E-state index contributed by atoms with van der Waals surface area (Å²) in [5.41, 5.74) is 0. The number of hydrogen-bond donors (Lipinski definition) is 0. The summed E-state index contributed by atoms with van der Waals surface area (Å²) in [6.45, 7) is 1.33. The Hall–Kier alpha value is -1.31. The van der Waals surface area contributed by atoms with Gasteiger partial charge in [0.25, 0.3) is 0 Å². The molecule has 0 amide bonds. The fraction of sp³-hybridized carbons (Fsp3) is 0. The molecule has 1 aromatic carbocycles. The lowest BCUT2D eigenvalue weighted by Gasteiger charge is -2.05. The van der Waals surface area contributed by atoms with Crippen LogP contribution in [-0.2, 0) is 4.79 Å². The molecule has 0 N–H and O–H groups in total. The Morgan fingerprint density at radius 2 is 1.89 bits per heavy atom. The van der Waals surface area contributed by atoms with Crippen molar-refractivity contribution in [2.45, 2.75) is 0 Å². The van der Waals surface area contributed by atoms with Crippen LogP contribution in [0.1, 0.15) is 0 Å². The molecule has 1 rings (SSSR count). The van der Waals surface area contributed by atoms with Crippen LogP contribution in [0.15, 0.2) is 30.3 Å². The number of carbonyl (C=O) groups excluding carboxylic acids is 1. The van der Waals surface area contributed by atoms with Crippen LogP contribution >= 0.6 is 0 Å². The third kappa shape index (κ3) is 1.57. The fourth-order valence-corrected chi connectivity index (χ4v) is 0.537. The molecule has 9 heavy (non-hydrogen) atoms. The summed E-state index contributed by atoms with van der Waals surface area (Å²) in [5, 5.41) is 0. The standard InChI is InChI=1S/C7H5O2/c8-6-9-7-4-2-1-3-5-7/h1-5H/q-1. The average Bonchev–Trinajstić information content (AvgIpc) is 1.91. The van der Waals surface area contributed by atoms with Gasteiger partial charge in [0.15, 0.2) is 6.47 Å². The lowest BCUT2D eigenvalue weighted by Crippen LogP contribution is -1.85. The fourth-order valence-electron chi connectivity index (χ4n) is 0.537. The molecule has 0 radical (unpaired) electrons. The average molecular weight is 121 g/mol. The van der Waals surface area contributed by atoms with Gasteiger partial charge in [-0.15, -0.1) is 12.1 Å². The van der Waals surface area contributed by atoms with E-state index in [0.29, 0.717) is 5.75 Å². The van der Waals surface area contributed by atoms with Crippen molar-refractivity contribution in [2.75, 3.05) is 0 Å². The van der Waals surface area contributed by atoms with Crippen molar-refractivity contribution in [3.63, 3.8) is 0 Å². The third-order valence-corrected chi connectivity index (χ3v) is 0.903. The Bertz CT molecular complexity index is 181. The number of ether oxygens (including phenoxy) is 1. The molecule has 0 saturated heterocycles. The predicted molar refractivity (Wildman–Crippen MR) is 32.8 cm³/mol. The van der Waals surface area contributed by atoms with E-state index in [1.807, 2.05) is 6.07 Å². The first-order chi connectivity index (χ1) is 4.43. The van der Waals surface area contributed by atoms with Gasteiger partial charge in [0.05, 0.1) is 0 Å². The molecule has 46 valence electrons. The highest BCUT2D eigenvalue weighted by molar-refractivity contribution is 5.45. The first-order valence-corrected chi connectivity index (χ1v) is 2.52. The van der Waals surface area contributed by atoms with Crippen LogP contribution in [-0.4, -0.2) is 6.47 Å². The van der Waals surface area contributed by atoms with Gasteiger partial charge in [-0.3, -0.25) is 0 Å². The van der Waals surface area contributed by atoms with Crippen LogP contribution in [0.5, 0.6) is 5.75 Å². The summed E-state index contributed by atoms with van der Waals surface area (Å²) >= 11 is 0. The highest BCUT2D eigenvalue weighted by Crippen LogP contribution is 2.05. The lowest BCUT2D eigenvalue weighted by molar-refractivity contribution is 0.443. The van der Waals surface area contributed by atoms with Gasteiger partial charge in [-0.25, -0.2) is 0 Å². The SMILES string of the molecule is O=[C-]Oc1ccccc1. The van der Waals surface area contributed by atoms with Crippen LogP contribution in [0, 0.1) is 0 Å². The van der Waals surface area contributed by atoms with E-state index in [0.717, 1.165) is 0 Å². The molecule has 0 atom stereocenters. The maximum atomic E-state index is 9.63. The second-order valence-electron chi connectivity index (χ2n) is 1.50. The summed E-state index contributed by atoms with van der Waals surface area (Å²) in [5.74, 6) is 0.521. The molecule has 2 nitrogen and oxygen atoms in total. The summed E-state index contributed by atoms with van der Waals surface area (Å²) in [4.78, 5) is 9.63. The van der Waals surface area contributed by atoms with Gasteiger partial charge >= 0.3 is 0 Å². The van der Waals surface area contributed by atoms with Gasteiger partial charge in [-0.2, -0.15) is 0 Å². The quantitative estimate of drug-likeness (QED) is 0.548. The van der Waals surface area contributed by atoms with Gasteiger partial charge in [-0.1, -0.05) is 18.2 Å². The Kier molecular flexibility index (Phi) is 1.85. The molecule has 0 unspecified atom stereocenters. The van der Waals surface area contributed by atoms with Crippen molar-refractivity contribution in [1.29, 1.82) is 0 Å². The van der Waals surface area contributed by atoms with E-state index < -0.39 is 0 Å². The minimum absolute atomic E-state index is 0.521. The van der Waals surface area contributed by atoms with E-state index in [2.05, 4.69) is 4.74 Å². The molecule has 0 heterocycles. The largest absolute Gasteiger partial charge is 0.610 e. The second-order valence-corrected chi connectivity index (χ2v) is 1.50. The van der Waals surface area contributed by atoms with Crippen molar-refractivity contribution in [3.05, 3.63) is 30.3 Å². The molecule has 0 fully saturated rings. The monoisotopic (exact) mass is 121 g/mol. The van der Waals surface area contributed by atoms with Crippen molar-refractivity contribution >= 4 is 6.47 Å². The number of rotatable bonds is 2. The Labute approximate surface area is 53.1 Å². The van der Waals surface area contributed by atoms with Crippen molar-refractivity contribution < 1.29 is 9.53 Å². The minimum atomic E-state index is 0.521. The maximum absolute atomic E-state index is 9.63. The molecule has 0 aliphatic heterocycles. The van der Waals surface area contributed by atoms with Crippen LogP contribution in [0.3, 0.4) is 0 Å².